The molecule has 8 aromatic rings. The summed E-state index contributed by atoms with van der Waals surface area (Å²) in [7, 11) is 25.7. The standard InChI is InChI=1S/C30H14B4N2/c31-25-24-18-11-6-10-17-20-14-22-19(13-23(20)36(29(17)18)30(24)28(34)27(33)26(25)32)16-9-4-5-12-21(16)35(22)15-7-2-1-3-8-15/h1-14H. The number of hydrogen-bond donors (Lipinski definition) is 0. The van der Waals surface area contributed by atoms with Crippen LogP contribution < -0.4 is 21.9 Å². The molecule has 3 aromatic heterocycles. The second-order valence-electron chi connectivity index (χ2n) is 9.49. The van der Waals surface area contributed by atoms with Gasteiger partial charge >= 0.3 is 0 Å². The summed E-state index contributed by atoms with van der Waals surface area (Å²) in [4.78, 5) is 0. The van der Waals surface area contributed by atoms with Gasteiger partial charge in [0.05, 0.1) is 22.1 Å². The van der Waals surface area contributed by atoms with E-state index in [0.717, 1.165) is 49.3 Å². The monoisotopic (exact) mass is 446 g/mol. The van der Waals surface area contributed by atoms with Crippen molar-refractivity contribution in [2.75, 3.05) is 0 Å². The molecule has 36 heavy (non-hydrogen) atoms. The van der Waals surface area contributed by atoms with Gasteiger partial charge in [-0.2, -0.15) is 0 Å². The molecule has 156 valence electrons. The maximum atomic E-state index is 6.61. The fourth-order valence-corrected chi connectivity index (χ4v) is 6.14. The number of nitrogens with zero attached hydrogens (tertiary/aromatic N) is 2. The third-order valence-electron chi connectivity index (χ3n) is 7.72. The molecule has 0 bridgehead atoms. The first kappa shape index (κ1) is 20.2. The Hall–Kier alpha value is -4.04. The molecule has 0 saturated carbocycles. The van der Waals surface area contributed by atoms with E-state index < -0.39 is 0 Å². The average Bonchev–Trinajstić information content (AvgIpc) is 3.54. The molecule has 5 aromatic carbocycles. The van der Waals surface area contributed by atoms with Gasteiger partial charge in [0.1, 0.15) is 31.4 Å². The average molecular weight is 446 g/mol. The van der Waals surface area contributed by atoms with Gasteiger partial charge < -0.3 is 8.97 Å². The molecular formula is C30H14B4N2. The molecule has 3 heterocycles. The highest BCUT2D eigenvalue weighted by Gasteiger charge is 2.22. The molecule has 0 N–H and O–H groups in total. The van der Waals surface area contributed by atoms with E-state index in [2.05, 4.69) is 87.8 Å². The van der Waals surface area contributed by atoms with E-state index in [1.165, 1.54) is 16.3 Å². The van der Waals surface area contributed by atoms with Crippen LogP contribution in [-0.4, -0.2) is 40.4 Å². The minimum atomic E-state index is 0.329. The highest BCUT2D eigenvalue weighted by atomic mass is 15.0. The van der Waals surface area contributed by atoms with Gasteiger partial charge in [-0.05, 0) is 35.7 Å². The van der Waals surface area contributed by atoms with E-state index in [9.17, 15) is 0 Å². The summed E-state index contributed by atoms with van der Waals surface area (Å²) in [5.74, 6) is 0. The molecule has 0 unspecified atom stereocenters. The molecule has 0 amide bonds. The van der Waals surface area contributed by atoms with Gasteiger partial charge in [0.25, 0.3) is 0 Å². The quantitative estimate of drug-likeness (QED) is 0.344. The third kappa shape index (κ3) is 2.28. The second kappa shape index (κ2) is 6.79. The molecular weight excluding hydrogens is 432 g/mol. The van der Waals surface area contributed by atoms with Gasteiger partial charge in [-0.25, -0.2) is 0 Å². The topological polar surface area (TPSA) is 9.34 Å². The van der Waals surface area contributed by atoms with Gasteiger partial charge in [0, 0.05) is 38.1 Å². The zero-order valence-corrected chi connectivity index (χ0v) is 19.3. The van der Waals surface area contributed by atoms with Crippen LogP contribution in [0.1, 0.15) is 0 Å². The van der Waals surface area contributed by atoms with Crippen molar-refractivity contribution in [3.8, 4) is 5.69 Å². The van der Waals surface area contributed by atoms with Crippen LogP contribution in [0.4, 0.5) is 0 Å². The Kier molecular flexibility index (Phi) is 3.81. The summed E-state index contributed by atoms with van der Waals surface area (Å²) in [6, 6.07) is 29.9. The lowest BCUT2D eigenvalue weighted by Crippen LogP contribution is -2.47. The van der Waals surface area contributed by atoms with Crippen LogP contribution in [0.3, 0.4) is 0 Å². The molecule has 2 nitrogen and oxygen atoms in total. The molecule has 0 aliphatic heterocycles. The van der Waals surface area contributed by atoms with Crippen LogP contribution in [0.5, 0.6) is 0 Å². The van der Waals surface area contributed by atoms with E-state index in [1.807, 2.05) is 6.07 Å². The van der Waals surface area contributed by atoms with E-state index in [-0.39, 0.29) is 0 Å². The van der Waals surface area contributed by atoms with Crippen molar-refractivity contribution in [3.63, 3.8) is 0 Å². The highest BCUT2D eigenvalue weighted by molar-refractivity contribution is 6.67. The lowest BCUT2D eigenvalue weighted by Gasteiger charge is -2.14. The molecule has 0 saturated heterocycles. The maximum absolute atomic E-state index is 6.61. The first-order chi connectivity index (χ1) is 17.6. The molecule has 0 spiro atoms. The highest BCUT2D eigenvalue weighted by Crippen LogP contribution is 2.41. The Morgan fingerprint density at radius 3 is 1.92 bits per heavy atom. The van der Waals surface area contributed by atoms with Gasteiger partial charge in [-0.3, -0.25) is 0 Å². The first-order valence-corrected chi connectivity index (χ1v) is 11.9. The molecule has 0 fully saturated rings. The van der Waals surface area contributed by atoms with Crippen molar-refractivity contribution in [2.24, 2.45) is 0 Å². The van der Waals surface area contributed by atoms with Crippen LogP contribution in [0.2, 0.25) is 0 Å². The van der Waals surface area contributed by atoms with E-state index in [4.69, 9.17) is 31.4 Å². The van der Waals surface area contributed by atoms with Gasteiger partial charge in [-0.15, -0.1) is 10.9 Å². The van der Waals surface area contributed by atoms with Gasteiger partial charge in [0.2, 0.25) is 0 Å². The van der Waals surface area contributed by atoms with Crippen molar-refractivity contribution in [2.45, 2.75) is 0 Å². The zero-order chi connectivity index (χ0) is 24.3. The minimum absolute atomic E-state index is 0.329. The minimum Gasteiger partial charge on any atom is -0.309 e. The summed E-state index contributed by atoms with van der Waals surface area (Å²) < 4.78 is 4.55. The van der Waals surface area contributed by atoms with Crippen LogP contribution in [0.25, 0.3) is 65.6 Å². The number of hydrogen-bond acceptors (Lipinski definition) is 0. The normalized spacial score (nSPS) is 12.3. The van der Waals surface area contributed by atoms with Gasteiger partial charge in [0.15, 0.2) is 0 Å². The Morgan fingerprint density at radius 1 is 0.444 bits per heavy atom. The van der Waals surface area contributed by atoms with Crippen LogP contribution in [0, 0.1) is 0 Å². The summed E-state index contributed by atoms with van der Waals surface area (Å²) in [5, 5.41) is 6.54. The third-order valence-corrected chi connectivity index (χ3v) is 7.72. The molecule has 8 rings (SSSR count). The molecule has 0 atom stereocenters. The Labute approximate surface area is 212 Å². The van der Waals surface area contributed by atoms with Crippen molar-refractivity contribution in [1.82, 2.24) is 8.97 Å². The Bertz CT molecular complexity index is 2190. The number of para-hydroxylation sites is 3. The first-order valence-electron chi connectivity index (χ1n) is 11.9. The Balaban J connectivity index is 1.66. The fraction of sp³-hybridized carbons (Fsp3) is 0. The summed E-state index contributed by atoms with van der Waals surface area (Å²) in [5.41, 5.74) is 8.01. The smallest absolute Gasteiger partial charge is 0.115 e. The van der Waals surface area contributed by atoms with Crippen molar-refractivity contribution in [1.29, 1.82) is 0 Å². The maximum Gasteiger partial charge on any atom is 0.115 e. The van der Waals surface area contributed by atoms with Crippen molar-refractivity contribution in [3.05, 3.63) is 84.9 Å². The van der Waals surface area contributed by atoms with E-state index in [0.29, 0.717) is 21.9 Å². The summed E-state index contributed by atoms with van der Waals surface area (Å²) in [6.45, 7) is 0. The predicted molar refractivity (Wildman–Crippen MR) is 157 cm³/mol. The van der Waals surface area contributed by atoms with Crippen molar-refractivity contribution >= 4 is 113 Å². The molecule has 0 aliphatic carbocycles. The summed E-state index contributed by atoms with van der Waals surface area (Å²) >= 11 is 0. The largest absolute Gasteiger partial charge is 0.309 e. The molecule has 8 radical (unpaired) electrons. The second-order valence-corrected chi connectivity index (χ2v) is 9.49. The SMILES string of the molecule is [B]c1c([B])c([B])c2c(c1[B])c1cccc3c4cc5c(cc4n2c31)c1ccccc1n5-c1ccccc1. The lowest BCUT2D eigenvalue weighted by atomic mass is 9.65. The number of aromatic nitrogens is 2. The Morgan fingerprint density at radius 2 is 1.08 bits per heavy atom. The number of benzene rings is 5. The van der Waals surface area contributed by atoms with Crippen molar-refractivity contribution < 1.29 is 0 Å². The lowest BCUT2D eigenvalue weighted by molar-refractivity contribution is 1.18. The number of rotatable bonds is 1. The van der Waals surface area contributed by atoms with Crippen LogP contribution in [-0.2, 0) is 0 Å². The molecule has 6 heteroatoms. The van der Waals surface area contributed by atoms with Crippen LogP contribution in [0.15, 0.2) is 84.9 Å². The zero-order valence-electron chi connectivity index (χ0n) is 19.3. The fourth-order valence-electron chi connectivity index (χ4n) is 6.14. The number of fused-ring (bicyclic) bond motifs is 9. The van der Waals surface area contributed by atoms with Crippen LogP contribution >= 0.6 is 0 Å². The predicted octanol–water partition coefficient (Wildman–Crippen LogP) is 3.11. The summed E-state index contributed by atoms with van der Waals surface area (Å²) in [6.07, 6.45) is 0. The molecule has 0 aliphatic rings. The van der Waals surface area contributed by atoms with E-state index in [1.54, 1.807) is 0 Å². The van der Waals surface area contributed by atoms with E-state index >= 15 is 0 Å². The van der Waals surface area contributed by atoms with Gasteiger partial charge in [-0.1, -0.05) is 65.5 Å².